The lowest BCUT2D eigenvalue weighted by molar-refractivity contribution is -0.158. The van der Waals surface area contributed by atoms with Crippen molar-refractivity contribution < 1.29 is 18.0 Å². The van der Waals surface area contributed by atoms with Crippen molar-refractivity contribution in [1.82, 2.24) is 10.2 Å². The van der Waals surface area contributed by atoms with Gasteiger partial charge in [0.15, 0.2) is 0 Å². The molecule has 7 heteroatoms. The highest BCUT2D eigenvalue weighted by atomic mass is 32.2. The quantitative estimate of drug-likeness (QED) is 0.776. The van der Waals surface area contributed by atoms with E-state index in [0.717, 1.165) is 0 Å². The first-order valence-electron chi connectivity index (χ1n) is 7.33. The molecule has 1 saturated heterocycles. The molecule has 0 spiro atoms. The highest BCUT2D eigenvalue weighted by molar-refractivity contribution is 7.90. The van der Waals surface area contributed by atoms with Crippen LogP contribution >= 0.6 is 0 Å². The third-order valence-corrected chi connectivity index (χ3v) is 5.19. The summed E-state index contributed by atoms with van der Waals surface area (Å²) in [7, 11) is -3.07. The molecule has 0 aliphatic carbocycles. The molecule has 122 valence electrons. The van der Waals surface area contributed by atoms with Gasteiger partial charge in [0, 0.05) is 12.8 Å². The van der Waals surface area contributed by atoms with Gasteiger partial charge in [-0.1, -0.05) is 20.8 Å². The number of carbonyl (C=O) groups excluding carboxylic acids is 2. The van der Waals surface area contributed by atoms with Crippen molar-refractivity contribution in [3.05, 3.63) is 0 Å². The Labute approximate surface area is 127 Å². The normalized spacial score (nSPS) is 27.1. The van der Waals surface area contributed by atoms with Crippen molar-refractivity contribution in [2.75, 3.05) is 18.6 Å². The topological polar surface area (TPSA) is 83.6 Å². The second kappa shape index (κ2) is 6.34. The Morgan fingerprint density at radius 1 is 1.33 bits per heavy atom. The van der Waals surface area contributed by atoms with Crippen molar-refractivity contribution in [3.8, 4) is 0 Å². The van der Waals surface area contributed by atoms with E-state index in [1.165, 1.54) is 6.26 Å². The Hall–Kier alpha value is -1.11. The zero-order valence-electron chi connectivity index (χ0n) is 13.5. The molecular formula is C14H26N2O4S. The first kappa shape index (κ1) is 17.9. The summed E-state index contributed by atoms with van der Waals surface area (Å²) < 4.78 is 22.5. The van der Waals surface area contributed by atoms with Gasteiger partial charge in [0.1, 0.15) is 21.4 Å². The lowest BCUT2D eigenvalue weighted by Gasteiger charge is -2.47. The lowest BCUT2D eigenvalue weighted by atomic mass is 9.87. The number of piperazine rings is 1. The number of nitrogens with one attached hydrogen (secondary N) is 1. The summed E-state index contributed by atoms with van der Waals surface area (Å²) in [6.07, 6.45) is 2.01. The summed E-state index contributed by atoms with van der Waals surface area (Å²) in [4.78, 5) is 26.5. The maximum atomic E-state index is 12.6. The Kier molecular flexibility index (Phi) is 5.41. The van der Waals surface area contributed by atoms with Crippen LogP contribution in [0.25, 0.3) is 0 Å². The van der Waals surface area contributed by atoms with Gasteiger partial charge in [-0.2, -0.15) is 0 Å². The van der Waals surface area contributed by atoms with Crippen LogP contribution in [0.4, 0.5) is 0 Å². The van der Waals surface area contributed by atoms with Crippen LogP contribution in [0, 0.1) is 5.92 Å². The van der Waals surface area contributed by atoms with Gasteiger partial charge in [-0.05, 0) is 25.7 Å². The molecular weight excluding hydrogens is 292 g/mol. The van der Waals surface area contributed by atoms with Crippen LogP contribution in [0.3, 0.4) is 0 Å². The van der Waals surface area contributed by atoms with Crippen molar-refractivity contribution in [1.29, 1.82) is 0 Å². The second-order valence-electron chi connectivity index (χ2n) is 6.30. The second-order valence-corrected chi connectivity index (χ2v) is 8.56. The van der Waals surface area contributed by atoms with E-state index >= 15 is 0 Å². The number of nitrogens with zero attached hydrogens (tertiary/aromatic N) is 1. The Bertz CT molecular complexity index is 515. The summed E-state index contributed by atoms with van der Waals surface area (Å²) in [5.74, 6) is -0.268. The number of rotatable bonds is 6. The summed E-state index contributed by atoms with van der Waals surface area (Å²) >= 11 is 0. The van der Waals surface area contributed by atoms with E-state index in [2.05, 4.69) is 5.32 Å². The van der Waals surface area contributed by atoms with Gasteiger partial charge in [0.05, 0.1) is 5.75 Å². The van der Waals surface area contributed by atoms with Crippen LogP contribution in [0.5, 0.6) is 0 Å². The zero-order chi connectivity index (χ0) is 16.4. The maximum absolute atomic E-state index is 12.6. The molecule has 1 heterocycles. The predicted octanol–water partition coefficient (Wildman–Crippen LogP) is 0.573. The number of amides is 2. The van der Waals surface area contributed by atoms with Gasteiger partial charge in [-0.25, -0.2) is 8.42 Å². The van der Waals surface area contributed by atoms with E-state index in [1.54, 1.807) is 11.8 Å². The van der Waals surface area contributed by atoms with Crippen LogP contribution < -0.4 is 5.32 Å². The average Bonchev–Trinajstić information content (AvgIpc) is 2.36. The number of hydrogen-bond acceptors (Lipinski definition) is 4. The number of sulfone groups is 1. The Morgan fingerprint density at radius 3 is 2.33 bits per heavy atom. The van der Waals surface area contributed by atoms with Gasteiger partial charge < -0.3 is 10.2 Å². The van der Waals surface area contributed by atoms with Gasteiger partial charge >= 0.3 is 0 Å². The van der Waals surface area contributed by atoms with Crippen LogP contribution in [0.15, 0.2) is 0 Å². The van der Waals surface area contributed by atoms with E-state index in [9.17, 15) is 18.0 Å². The third kappa shape index (κ3) is 3.96. The molecule has 21 heavy (non-hydrogen) atoms. The average molecular weight is 318 g/mol. The molecule has 1 aliphatic heterocycles. The van der Waals surface area contributed by atoms with Crippen molar-refractivity contribution in [2.24, 2.45) is 5.92 Å². The van der Waals surface area contributed by atoms with E-state index in [0.29, 0.717) is 12.8 Å². The maximum Gasteiger partial charge on any atom is 0.246 e. The van der Waals surface area contributed by atoms with Crippen LogP contribution in [-0.2, 0) is 19.4 Å². The van der Waals surface area contributed by atoms with Crippen LogP contribution in [0.1, 0.15) is 40.5 Å². The molecule has 0 aromatic heterocycles. The molecule has 0 aromatic carbocycles. The first-order chi connectivity index (χ1) is 9.53. The molecule has 1 fully saturated rings. The fourth-order valence-corrected chi connectivity index (χ4v) is 3.19. The lowest BCUT2D eigenvalue weighted by Crippen LogP contribution is -2.70. The summed E-state index contributed by atoms with van der Waals surface area (Å²) in [5, 5.41) is 2.80. The molecule has 2 atom stereocenters. The molecule has 1 N–H and O–H groups in total. The molecule has 1 rings (SSSR count). The predicted molar refractivity (Wildman–Crippen MR) is 81.5 cm³/mol. The fraction of sp³-hybridized carbons (Fsp3) is 0.857. The minimum absolute atomic E-state index is 0.000244. The molecule has 0 radical (unpaired) electrons. The van der Waals surface area contributed by atoms with Crippen LogP contribution in [0.2, 0.25) is 0 Å². The number of hydrogen-bond donors (Lipinski definition) is 1. The molecule has 0 bridgehead atoms. The fourth-order valence-electron chi connectivity index (χ4n) is 2.54. The molecule has 0 aromatic rings. The molecule has 2 amide bonds. The number of carbonyl (C=O) groups is 2. The Balaban J connectivity index is 2.96. The summed E-state index contributed by atoms with van der Waals surface area (Å²) in [5.41, 5.74) is -0.903. The van der Waals surface area contributed by atoms with E-state index in [4.69, 9.17) is 0 Å². The van der Waals surface area contributed by atoms with Crippen molar-refractivity contribution in [2.45, 2.75) is 52.1 Å². The van der Waals surface area contributed by atoms with Crippen molar-refractivity contribution >= 4 is 21.7 Å². The van der Waals surface area contributed by atoms with Gasteiger partial charge in [-0.15, -0.1) is 0 Å². The summed E-state index contributed by atoms with van der Waals surface area (Å²) in [6, 6.07) is -0.532. The molecule has 2 unspecified atom stereocenters. The highest BCUT2D eigenvalue weighted by Gasteiger charge is 2.48. The van der Waals surface area contributed by atoms with Crippen LogP contribution in [-0.4, -0.2) is 55.3 Å². The smallest absolute Gasteiger partial charge is 0.246 e. The third-order valence-electron chi connectivity index (χ3n) is 4.16. The Morgan fingerprint density at radius 2 is 1.90 bits per heavy atom. The molecule has 6 nitrogen and oxygen atoms in total. The largest absolute Gasteiger partial charge is 0.342 e. The highest BCUT2D eigenvalue weighted by Crippen LogP contribution is 2.27. The monoisotopic (exact) mass is 318 g/mol. The van der Waals surface area contributed by atoms with E-state index < -0.39 is 21.4 Å². The van der Waals surface area contributed by atoms with Gasteiger partial charge in [0.25, 0.3) is 0 Å². The van der Waals surface area contributed by atoms with E-state index in [1.807, 2.05) is 20.8 Å². The minimum atomic E-state index is -3.07. The standard InChI is InChI=1S/C14H26N2O4S/c1-6-14(4)13(18)15-11(10(2)3)12(17)16(14)8-7-9-21(5,19)20/h10-11H,6-9H2,1-5H3,(H,15,18). The van der Waals surface area contributed by atoms with Crippen molar-refractivity contribution in [3.63, 3.8) is 0 Å². The first-order valence-corrected chi connectivity index (χ1v) is 9.39. The summed E-state index contributed by atoms with van der Waals surface area (Å²) in [6.45, 7) is 7.63. The van der Waals surface area contributed by atoms with E-state index in [-0.39, 0.29) is 30.0 Å². The van der Waals surface area contributed by atoms with Gasteiger partial charge in [-0.3, -0.25) is 9.59 Å². The van der Waals surface area contributed by atoms with Gasteiger partial charge in [0.2, 0.25) is 11.8 Å². The minimum Gasteiger partial charge on any atom is -0.342 e. The molecule has 0 saturated carbocycles. The zero-order valence-corrected chi connectivity index (χ0v) is 14.3. The SMILES string of the molecule is CCC1(C)C(=O)NC(C(C)C)C(=O)N1CCCS(C)(=O)=O. The molecule has 1 aliphatic rings.